The van der Waals surface area contributed by atoms with Crippen LogP contribution in [0.25, 0.3) is 0 Å². The average molecular weight is 288 g/mol. The summed E-state index contributed by atoms with van der Waals surface area (Å²) in [5.74, 6) is -0.0327. The highest BCUT2D eigenvalue weighted by Crippen LogP contribution is 2.43. The number of nitrogens with one attached hydrogen (secondary N) is 2. The third-order valence-electron chi connectivity index (χ3n) is 4.17. The Kier molecular flexibility index (Phi) is 3.15. The van der Waals surface area contributed by atoms with Gasteiger partial charge in [0.25, 0.3) is 5.91 Å². The van der Waals surface area contributed by atoms with Crippen LogP contribution in [0.3, 0.4) is 0 Å². The lowest BCUT2D eigenvalue weighted by Crippen LogP contribution is -2.66. The summed E-state index contributed by atoms with van der Waals surface area (Å²) in [7, 11) is 0. The Morgan fingerprint density at radius 3 is 2.19 bits per heavy atom. The van der Waals surface area contributed by atoms with Gasteiger partial charge in [0.1, 0.15) is 5.72 Å². The number of benzene rings is 1. The van der Waals surface area contributed by atoms with Gasteiger partial charge in [-0.2, -0.15) is 0 Å². The number of hydrogen-bond donors (Lipinski definition) is 2. The zero-order valence-electron chi connectivity index (χ0n) is 13.2. The van der Waals surface area contributed by atoms with Crippen molar-refractivity contribution >= 4 is 5.91 Å². The Bertz CT molecular complexity index is 535. The molecule has 1 amide bonds. The fourth-order valence-electron chi connectivity index (χ4n) is 4.11. The summed E-state index contributed by atoms with van der Waals surface area (Å²) in [6, 6.07) is 9.71. The van der Waals surface area contributed by atoms with Crippen LogP contribution in [0.4, 0.5) is 0 Å². The van der Waals surface area contributed by atoms with Gasteiger partial charge in [0.15, 0.2) is 6.10 Å². The smallest absolute Gasteiger partial charge is 0.256 e. The monoisotopic (exact) mass is 288 g/mol. The van der Waals surface area contributed by atoms with E-state index in [0.29, 0.717) is 0 Å². The summed E-state index contributed by atoms with van der Waals surface area (Å²) in [4.78, 5) is 12.4. The molecule has 1 aromatic rings. The van der Waals surface area contributed by atoms with Gasteiger partial charge in [0, 0.05) is 23.9 Å². The van der Waals surface area contributed by atoms with E-state index in [0.717, 1.165) is 18.4 Å². The summed E-state index contributed by atoms with van der Waals surface area (Å²) < 4.78 is 6.26. The lowest BCUT2D eigenvalue weighted by Gasteiger charge is -2.50. The molecule has 4 heteroatoms. The number of piperidine rings is 1. The standard InChI is InChI=1S/C17H24N2O2/c1-15(2)10-17(11-16(3,4)19-15)18-14(20)13(21-17)12-8-6-5-7-9-12/h5-9,13,19H,10-11H2,1-4H3,(H,18,20). The Balaban J connectivity index is 1.89. The minimum atomic E-state index is -0.574. The maximum atomic E-state index is 12.4. The SMILES string of the molecule is CC1(C)CC2(CC(C)(C)N1)NC(=O)C(c1ccccc1)O2. The topological polar surface area (TPSA) is 50.4 Å². The van der Waals surface area contributed by atoms with Crippen molar-refractivity contribution in [1.82, 2.24) is 10.6 Å². The van der Waals surface area contributed by atoms with E-state index in [9.17, 15) is 4.79 Å². The van der Waals surface area contributed by atoms with Crippen LogP contribution in [0.2, 0.25) is 0 Å². The molecule has 0 saturated carbocycles. The van der Waals surface area contributed by atoms with E-state index in [-0.39, 0.29) is 17.0 Å². The van der Waals surface area contributed by atoms with Crippen LogP contribution in [0.5, 0.6) is 0 Å². The molecule has 0 aliphatic carbocycles. The molecule has 0 radical (unpaired) electrons. The van der Waals surface area contributed by atoms with Gasteiger partial charge in [-0.05, 0) is 33.3 Å². The first-order valence-corrected chi connectivity index (χ1v) is 7.55. The minimum absolute atomic E-state index is 0.0327. The first kappa shape index (κ1) is 14.5. The quantitative estimate of drug-likeness (QED) is 0.835. The lowest BCUT2D eigenvalue weighted by atomic mass is 9.77. The predicted octanol–water partition coefficient (Wildman–Crippen LogP) is 2.51. The Hall–Kier alpha value is -1.39. The molecule has 0 bridgehead atoms. The molecule has 2 saturated heterocycles. The van der Waals surface area contributed by atoms with Crippen LogP contribution in [-0.2, 0) is 9.53 Å². The van der Waals surface area contributed by atoms with Crippen molar-refractivity contribution < 1.29 is 9.53 Å². The van der Waals surface area contributed by atoms with Gasteiger partial charge in [-0.25, -0.2) is 0 Å². The van der Waals surface area contributed by atoms with Crippen LogP contribution in [0.15, 0.2) is 30.3 Å². The van der Waals surface area contributed by atoms with Crippen molar-refractivity contribution in [3.63, 3.8) is 0 Å². The highest BCUT2D eigenvalue weighted by Gasteiger charge is 2.54. The Labute approximate surface area is 126 Å². The van der Waals surface area contributed by atoms with Crippen molar-refractivity contribution in [3.8, 4) is 0 Å². The molecular formula is C17H24N2O2. The molecule has 2 aliphatic rings. The minimum Gasteiger partial charge on any atom is -0.338 e. The molecule has 1 unspecified atom stereocenters. The molecule has 0 aromatic heterocycles. The number of carbonyl (C=O) groups is 1. The van der Waals surface area contributed by atoms with Crippen molar-refractivity contribution in [2.24, 2.45) is 0 Å². The van der Waals surface area contributed by atoms with Crippen molar-refractivity contribution in [1.29, 1.82) is 0 Å². The summed E-state index contributed by atoms with van der Waals surface area (Å²) in [6.07, 6.45) is 1.02. The fraction of sp³-hybridized carbons (Fsp3) is 0.588. The molecule has 2 aliphatic heterocycles. The summed E-state index contributed by atoms with van der Waals surface area (Å²) in [6.45, 7) is 8.62. The van der Waals surface area contributed by atoms with E-state index in [4.69, 9.17) is 4.74 Å². The third kappa shape index (κ3) is 2.83. The van der Waals surface area contributed by atoms with Crippen molar-refractivity contribution in [2.75, 3.05) is 0 Å². The molecule has 2 heterocycles. The van der Waals surface area contributed by atoms with Crippen LogP contribution in [0.1, 0.15) is 52.2 Å². The molecule has 1 spiro atoms. The van der Waals surface area contributed by atoms with Crippen LogP contribution < -0.4 is 10.6 Å². The van der Waals surface area contributed by atoms with Crippen LogP contribution in [0, 0.1) is 0 Å². The van der Waals surface area contributed by atoms with Crippen molar-refractivity contribution in [2.45, 2.75) is 63.4 Å². The Morgan fingerprint density at radius 2 is 1.62 bits per heavy atom. The molecule has 2 fully saturated rings. The zero-order chi connectivity index (χ0) is 15.3. The number of ether oxygens (including phenoxy) is 1. The van der Waals surface area contributed by atoms with E-state index < -0.39 is 11.8 Å². The van der Waals surface area contributed by atoms with E-state index in [1.807, 2.05) is 30.3 Å². The fourth-order valence-corrected chi connectivity index (χ4v) is 4.11. The highest BCUT2D eigenvalue weighted by atomic mass is 16.5. The largest absolute Gasteiger partial charge is 0.338 e. The van der Waals surface area contributed by atoms with Crippen molar-refractivity contribution in [3.05, 3.63) is 35.9 Å². The maximum absolute atomic E-state index is 12.4. The average Bonchev–Trinajstić information content (AvgIpc) is 2.62. The molecule has 2 N–H and O–H groups in total. The van der Waals surface area contributed by atoms with Gasteiger partial charge >= 0.3 is 0 Å². The zero-order valence-corrected chi connectivity index (χ0v) is 13.2. The molecule has 1 aromatic carbocycles. The summed E-state index contributed by atoms with van der Waals surface area (Å²) >= 11 is 0. The number of rotatable bonds is 1. The second-order valence-corrected chi connectivity index (χ2v) is 7.64. The molecule has 3 rings (SSSR count). The van der Waals surface area contributed by atoms with E-state index in [1.54, 1.807) is 0 Å². The van der Waals surface area contributed by atoms with E-state index >= 15 is 0 Å². The molecule has 1 atom stereocenters. The predicted molar refractivity (Wildman–Crippen MR) is 81.7 cm³/mol. The second kappa shape index (κ2) is 4.55. The maximum Gasteiger partial charge on any atom is 0.256 e. The molecule has 21 heavy (non-hydrogen) atoms. The van der Waals surface area contributed by atoms with E-state index in [2.05, 4.69) is 38.3 Å². The molecular weight excluding hydrogens is 264 g/mol. The van der Waals surface area contributed by atoms with Crippen LogP contribution >= 0.6 is 0 Å². The van der Waals surface area contributed by atoms with Crippen LogP contribution in [-0.4, -0.2) is 22.7 Å². The second-order valence-electron chi connectivity index (χ2n) is 7.64. The first-order chi connectivity index (χ1) is 9.71. The summed E-state index contributed by atoms with van der Waals surface area (Å²) in [5, 5.41) is 6.75. The first-order valence-electron chi connectivity index (χ1n) is 7.55. The van der Waals surface area contributed by atoms with Gasteiger partial charge in [0.2, 0.25) is 0 Å². The van der Waals surface area contributed by atoms with Gasteiger partial charge < -0.3 is 15.4 Å². The number of carbonyl (C=O) groups excluding carboxylic acids is 1. The van der Waals surface area contributed by atoms with Gasteiger partial charge in [-0.1, -0.05) is 30.3 Å². The van der Waals surface area contributed by atoms with Gasteiger partial charge in [0.05, 0.1) is 0 Å². The summed E-state index contributed by atoms with van der Waals surface area (Å²) in [5.41, 5.74) is 0.179. The normalized spacial score (nSPS) is 29.3. The lowest BCUT2D eigenvalue weighted by molar-refractivity contribution is -0.127. The third-order valence-corrected chi connectivity index (χ3v) is 4.17. The van der Waals surface area contributed by atoms with Gasteiger partial charge in [-0.3, -0.25) is 4.79 Å². The molecule has 114 valence electrons. The molecule has 4 nitrogen and oxygen atoms in total. The Morgan fingerprint density at radius 1 is 1.05 bits per heavy atom. The number of amides is 1. The van der Waals surface area contributed by atoms with Gasteiger partial charge in [-0.15, -0.1) is 0 Å². The number of hydrogen-bond acceptors (Lipinski definition) is 3. The highest BCUT2D eigenvalue weighted by molar-refractivity contribution is 5.84. The van der Waals surface area contributed by atoms with E-state index in [1.165, 1.54) is 0 Å².